The van der Waals surface area contributed by atoms with Gasteiger partial charge in [0.1, 0.15) is 11.9 Å². The van der Waals surface area contributed by atoms with Crippen LogP contribution in [0.2, 0.25) is 0 Å². The lowest BCUT2D eigenvalue weighted by molar-refractivity contribution is 0.203. The van der Waals surface area contributed by atoms with Crippen LogP contribution in [0.25, 0.3) is 0 Å². The number of benzene rings is 1. The Labute approximate surface area is 107 Å². The Morgan fingerprint density at radius 2 is 2.24 bits per heavy atom. The van der Waals surface area contributed by atoms with Crippen molar-refractivity contribution in [2.75, 3.05) is 0 Å². The van der Waals surface area contributed by atoms with Crippen LogP contribution in [-0.2, 0) is 6.54 Å². The molecule has 1 atom stereocenters. The minimum absolute atomic E-state index is 0.245. The topological polar surface area (TPSA) is 38.0 Å². The predicted molar refractivity (Wildman–Crippen MR) is 66.1 cm³/mol. The molecule has 0 radical (unpaired) electrons. The number of aryl methyl sites for hydroxylation is 1. The second-order valence-corrected chi connectivity index (χ2v) is 4.56. The van der Waals surface area contributed by atoms with Gasteiger partial charge in [0.15, 0.2) is 0 Å². The maximum Gasteiger partial charge on any atom is 0.129 e. The summed E-state index contributed by atoms with van der Waals surface area (Å²) in [5.74, 6) is -0.426. The molecule has 0 aliphatic heterocycles. The largest absolute Gasteiger partial charge is 0.382 e. The maximum absolute atomic E-state index is 13.6. The van der Waals surface area contributed by atoms with Gasteiger partial charge < -0.3 is 5.11 Å². The summed E-state index contributed by atoms with van der Waals surface area (Å²) >= 11 is 3.26. The molecule has 0 saturated heterocycles. The van der Waals surface area contributed by atoms with Crippen LogP contribution in [0.15, 0.2) is 34.9 Å². The number of aliphatic hydroxyl groups is 1. The number of rotatable bonds is 3. The van der Waals surface area contributed by atoms with E-state index in [-0.39, 0.29) is 5.56 Å². The van der Waals surface area contributed by atoms with Crippen molar-refractivity contribution in [3.63, 3.8) is 0 Å². The summed E-state index contributed by atoms with van der Waals surface area (Å²) in [7, 11) is 0. The first-order valence-electron chi connectivity index (χ1n) is 5.28. The van der Waals surface area contributed by atoms with Crippen LogP contribution in [0.4, 0.5) is 4.39 Å². The molecule has 1 heterocycles. The molecule has 1 unspecified atom stereocenters. The lowest BCUT2D eigenvalue weighted by Gasteiger charge is -2.13. The first kappa shape index (κ1) is 12.3. The van der Waals surface area contributed by atoms with Gasteiger partial charge in [0.05, 0.1) is 5.69 Å². The predicted octanol–water partition coefficient (Wildman–Crippen LogP) is 2.89. The highest BCUT2D eigenvalue weighted by Gasteiger charge is 2.18. The van der Waals surface area contributed by atoms with Gasteiger partial charge in [-0.1, -0.05) is 15.9 Å². The molecule has 0 bridgehead atoms. The van der Waals surface area contributed by atoms with Gasteiger partial charge in [-0.05, 0) is 31.2 Å². The van der Waals surface area contributed by atoms with E-state index in [0.29, 0.717) is 12.2 Å². The molecular formula is C12H12BrFN2O. The molecule has 2 aromatic rings. The highest BCUT2D eigenvalue weighted by Crippen LogP contribution is 2.26. The molecule has 90 valence electrons. The van der Waals surface area contributed by atoms with Crippen LogP contribution in [-0.4, -0.2) is 14.9 Å². The molecule has 1 aromatic carbocycles. The lowest BCUT2D eigenvalue weighted by atomic mass is 10.1. The van der Waals surface area contributed by atoms with Gasteiger partial charge in [0, 0.05) is 22.8 Å². The zero-order valence-corrected chi connectivity index (χ0v) is 10.9. The van der Waals surface area contributed by atoms with E-state index in [0.717, 1.165) is 4.47 Å². The molecule has 0 aliphatic rings. The van der Waals surface area contributed by atoms with E-state index >= 15 is 0 Å². The van der Waals surface area contributed by atoms with E-state index in [1.807, 2.05) is 6.92 Å². The average molecular weight is 299 g/mol. The monoisotopic (exact) mass is 298 g/mol. The van der Waals surface area contributed by atoms with E-state index in [9.17, 15) is 9.50 Å². The molecule has 5 heteroatoms. The third-order valence-corrected chi connectivity index (χ3v) is 3.07. The molecule has 0 fully saturated rings. The van der Waals surface area contributed by atoms with Crippen molar-refractivity contribution in [1.82, 2.24) is 9.78 Å². The Bertz CT molecular complexity index is 527. The first-order valence-corrected chi connectivity index (χ1v) is 6.07. The van der Waals surface area contributed by atoms with Gasteiger partial charge in [-0.2, -0.15) is 5.10 Å². The number of hydrogen-bond acceptors (Lipinski definition) is 2. The van der Waals surface area contributed by atoms with Crippen molar-refractivity contribution >= 4 is 15.9 Å². The SMILES string of the molecule is CCn1nccc1C(O)c1cc(Br)ccc1F. The summed E-state index contributed by atoms with van der Waals surface area (Å²) in [6.45, 7) is 2.55. The summed E-state index contributed by atoms with van der Waals surface area (Å²) in [6, 6.07) is 6.19. The van der Waals surface area contributed by atoms with E-state index in [1.54, 1.807) is 29.1 Å². The highest BCUT2D eigenvalue weighted by atomic mass is 79.9. The minimum atomic E-state index is -1.00. The van der Waals surface area contributed by atoms with Crippen molar-refractivity contribution in [3.8, 4) is 0 Å². The van der Waals surface area contributed by atoms with Gasteiger partial charge in [0.2, 0.25) is 0 Å². The minimum Gasteiger partial charge on any atom is -0.382 e. The average Bonchev–Trinajstić information content (AvgIpc) is 2.79. The smallest absolute Gasteiger partial charge is 0.129 e. The van der Waals surface area contributed by atoms with Crippen LogP contribution < -0.4 is 0 Å². The van der Waals surface area contributed by atoms with Crippen molar-refractivity contribution in [1.29, 1.82) is 0 Å². The van der Waals surface area contributed by atoms with Crippen LogP contribution in [0.1, 0.15) is 24.3 Å². The first-order chi connectivity index (χ1) is 8.13. The Balaban J connectivity index is 2.43. The molecule has 17 heavy (non-hydrogen) atoms. The third kappa shape index (κ3) is 2.40. The van der Waals surface area contributed by atoms with Gasteiger partial charge in [-0.15, -0.1) is 0 Å². The Kier molecular flexibility index (Phi) is 3.59. The molecule has 0 spiro atoms. The number of aromatic nitrogens is 2. The van der Waals surface area contributed by atoms with E-state index in [4.69, 9.17) is 0 Å². The molecule has 1 aromatic heterocycles. The summed E-state index contributed by atoms with van der Waals surface area (Å²) < 4.78 is 16.0. The van der Waals surface area contributed by atoms with Gasteiger partial charge in [-0.3, -0.25) is 4.68 Å². The molecule has 0 aliphatic carbocycles. The lowest BCUT2D eigenvalue weighted by Crippen LogP contribution is -2.10. The fourth-order valence-electron chi connectivity index (χ4n) is 1.72. The Morgan fingerprint density at radius 1 is 1.47 bits per heavy atom. The second-order valence-electron chi connectivity index (χ2n) is 3.64. The molecule has 2 rings (SSSR count). The van der Waals surface area contributed by atoms with Crippen molar-refractivity contribution in [2.45, 2.75) is 19.6 Å². The van der Waals surface area contributed by atoms with Crippen molar-refractivity contribution < 1.29 is 9.50 Å². The quantitative estimate of drug-likeness (QED) is 0.946. The van der Waals surface area contributed by atoms with Crippen molar-refractivity contribution in [2.24, 2.45) is 0 Å². The summed E-state index contributed by atoms with van der Waals surface area (Å²) in [5, 5.41) is 14.2. The highest BCUT2D eigenvalue weighted by molar-refractivity contribution is 9.10. The van der Waals surface area contributed by atoms with Gasteiger partial charge in [0.25, 0.3) is 0 Å². The van der Waals surface area contributed by atoms with Crippen LogP contribution in [0.3, 0.4) is 0 Å². The van der Waals surface area contributed by atoms with Crippen molar-refractivity contribution in [3.05, 3.63) is 52.0 Å². The fourth-order valence-corrected chi connectivity index (χ4v) is 2.10. The fraction of sp³-hybridized carbons (Fsp3) is 0.250. The summed E-state index contributed by atoms with van der Waals surface area (Å²) in [6.07, 6.45) is 0.591. The number of aliphatic hydroxyl groups excluding tert-OH is 1. The molecular weight excluding hydrogens is 287 g/mol. The number of hydrogen-bond donors (Lipinski definition) is 1. The summed E-state index contributed by atoms with van der Waals surface area (Å²) in [4.78, 5) is 0. The van der Waals surface area contributed by atoms with Crippen LogP contribution in [0, 0.1) is 5.82 Å². The standard InChI is InChI=1S/C12H12BrFN2O/c1-2-16-11(5-6-15-16)12(17)9-7-8(13)3-4-10(9)14/h3-7,12,17H,2H2,1H3. The van der Waals surface area contributed by atoms with E-state index in [2.05, 4.69) is 21.0 Å². The Morgan fingerprint density at radius 3 is 2.94 bits per heavy atom. The molecule has 3 nitrogen and oxygen atoms in total. The molecule has 0 amide bonds. The normalized spacial score (nSPS) is 12.7. The van der Waals surface area contributed by atoms with Crippen LogP contribution >= 0.6 is 15.9 Å². The number of halogens is 2. The third-order valence-electron chi connectivity index (χ3n) is 2.58. The zero-order valence-electron chi connectivity index (χ0n) is 9.27. The molecule has 1 N–H and O–H groups in total. The van der Waals surface area contributed by atoms with Gasteiger partial charge in [-0.25, -0.2) is 4.39 Å². The van der Waals surface area contributed by atoms with Crippen LogP contribution in [0.5, 0.6) is 0 Å². The summed E-state index contributed by atoms with van der Waals surface area (Å²) in [5.41, 5.74) is 0.832. The molecule has 0 saturated carbocycles. The Hall–Kier alpha value is -1.20. The zero-order chi connectivity index (χ0) is 12.4. The van der Waals surface area contributed by atoms with E-state index in [1.165, 1.54) is 6.07 Å². The maximum atomic E-state index is 13.6. The number of nitrogens with zero attached hydrogens (tertiary/aromatic N) is 2. The van der Waals surface area contributed by atoms with E-state index < -0.39 is 11.9 Å². The second kappa shape index (κ2) is 4.98. The van der Waals surface area contributed by atoms with Gasteiger partial charge >= 0.3 is 0 Å².